The van der Waals surface area contributed by atoms with E-state index < -0.39 is 0 Å². The Morgan fingerprint density at radius 3 is 2.58 bits per heavy atom. The Bertz CT molecular complexity index is 1300. The average Bonchev–Trinajstić information content (AvgIpc) is 3.32. The van der Waals surface area contributed by atoms with E-state index in [-0.39, 0.29) is 18.0 Å². The van der Waals surface area contributed by atoms with Crippen LogP contribution in [0, 0.1) is 6.92 Å². The molecule has 1 aromatic heterocycles. The lowest BCUT2D eigenvalue weighted by molar-refractivity contribution is -0.116. The van der Waals surface area contributed by atoms with Crippen LogP contribution >= 0.6 is 23.2 Å². The molecule has 0 aliphatic carbocycles. The number of nitrogens with zero attached hydrogens (tertiary/aromatic N) is 2. The van der Waals surface area contributed by atoms with Crippen molar-refractivity contribution in [1.29, 1.82) is 0 Å². The van der Waals surface area contributed by atoms with Gasteiger partial charge in [0.05, 0.1) is 10.0 Å². The lowest BCUT2D eigenvalue weighted by Crippen LogP contribution is -2.46. The summed E-state index contributed by atoms with van der Waals surface area (Å²) in [5.74, 6) is 0.433. The minimum Gasteiger partial charge on any atom is -0.354 e. The molecule has 40 heavy (non-hydrogen) atoms. The molecule has 4 rings (SSSR count). The second-order valence-electron chi connectivity index (χ2n) is 9.91. The Morgan fingerprint density at radius 1 is 1.05 bits per heavy atom. The van der Waals surface area contributed by atoms with Gasteiger partial charge in [-0.05, 0) is 62.9 Å². The summed E-state index contributed by atoms with van der Waals surface area (Å²) in [5, 5.41) is 13.9. The van der Waals surface area contributed by atoms with E-state index in [1.807, 2.05) is 43.3 Å². The molecule has 0 saturated carbocycles. The van der Waals surface area contributed by atoms with Crippen LogP contribution in [0.25, 0.3) is 17.4 Å². The van der Waals surface area contributed by atoms with E-state index in [1.165, 1.54) is 6.08 Å². The Balaban J connectivity index is 1.08. The van der Waals surface area contributed by atoms with Crippen LogP contribution in [0.4, 0.5) is 10.5 Å². The number of benzene rings is 2. The molecular weight excluding hydrogens is 549 g/mol. The first-order valence-corrected chi connectivity index (χ1v) is 14.4. The van der Waals surface area contributed by atoms with Crippen molar-refractivity contribution in [3.8, 4) is 11.3 Å². The van der Waals surface area contributed by atoms with Crippen LogP contribution in [0.5, 0.6) is 0 Å². The number of hydrogen-bond donors (Lipinski definition) is 3. The Morgan fingerprint density at radius 2 is 1.82 bits per heavy atom. The number of halogens is 2. The van der Waals surface area contributed by atoms with Crippen molar-refractivity contribution in [3.05, 3.63) is 75.9 Å². The molecule has 3 amide bonds. The van der Waals surface area contributed by atoms with Gasteiger partial charge in [0.2, 0.25) is 5.91 Å². The summed E-state index contributed by atoms with van der Waals surface area (Å²) in [5.41, 5.74) is 2.93. The van der Waals surface area contributed by atoms with Gasteiger partial charge in [-0.2, -0.15) is 0 Å². The number of amides is 3. The molecule has 2 aromatic carbocycles. The lowest BCUT2D eigenvalue weighted by Gasteiger charge is -2.32. The number of urea groups is 1. The molecule has 8 nitrogen and oxygen atoms in total. The Labute approximate surface area is 245 Å². The summed E-state index contributed by atoms with van der Waals surface area (Å²) in [6.45, 7) is 5.37. The zero-order valence-corrected chi connectivity index (χ0v) is 24.1. The summed E-state index contributed by atoms with van der Waals surface area (Å²) in [6, 6.07) is 14.8. The molecule has 0 unspecified atom stereocenters. The normalized spacial score (nSPS) is 14.4. The highest BCUT2D eigenvalue weighted by Gasteiger charge is 2.22. The van der Waals surface area contributed by atoms with Crippen LogP contribution in [0.3, 0.4) is 0 Å². The number of anilines is 1. The van der Waals surface area contributed by atoms with Gasteiger partial charge < -0.3 is 25.4 Å². The number of rotatable bonds is 11. The molecule has 1 saturated heterocycles. The van der Waals surface area contributed by atoms with Crippen molar-refractivity contribution >= 4 is 46.9 Å². The SMILES string of the molecule is Cc1noc(-c2ccccc2)c1NC(=O)NC1CCN(CCCCCNC(=O)/C=C/c2ccc(Cl)c(Cl)c2)CC1. The first-order valence-electron chi connectivity index (χ1n) is 13.6. The van der Waals surface area contributed by atoms with Crippen LogP contribution < -0.4 is 16.0 Å². The molecule has 10 heteroatoms. The Kier molecular flexibility index (Phi) is 11.0. The molecule has 2 heterocycles. The third-order valence-electron chi connectivity index (χ3n) is 6.88. The van der Waals surface area contributed by atoms with Crippen LogP contribution in [-0.2, 0) is 4.79 Å². The topological polar surface area (TPSA) is 99.5 Å². The van der Waals surface area contributed by atoms with Gasteiger partial charge in [-0.1, -0.05) is 71.2 Å². The third-order valence-corrected chi connectivity index (χ3v) is 7.62. The van der Waals surface area contributed by atoms with Crippen molar-refractivity contribution in [2.75, 3.05) is 31.5 Å². The number of likely N-dealkylation sites (tertiary alicyclic amines) is 1. The van der Waals surface area contributed by atoms with Crippen molar-refractivity contribution in [1.82, 2.24) is 20.7 Å². The monoisotopic (exact) mass is 583 g/mol. The molecule has 0 atom stereocenters. The molecule has 0 bridgehead atoms. The van der Waals surface area contributed by atoms with Crippen molar-refractivity contribution in [3.63, 3.8) is 0 Å². The molecule has 3 aromatic rings. The maximum Gasteiger partial charge on any atom is 0.319 e. The van der Waals surface area contributed by atoms with E-state index in [0.717, 1.165) is 62.9 Å². The number of aromatic nitrogens is 1. The maximum atomic E-state index is 12.7. The largest absolute Gasteiger partial charge is 0.354 e. The summed E-state index contributed by atoms with van der Waals surface area (Å²) in [4.78, 5) is 27.2. The summed E-state index contributed by atoms with van der Waals surface area (Å²) >= 11 is 11.9. The van der Waals surface area contributed by atoms with Gasteiger partial charge in [0.1, 0.15) is 11.4 Å². The van der Waals surface area contributed by atoms with E-state index in [2.05, 4.69) is 26.0 Å². The second-order valence-corrected chi connectivity index (χ2v) is 10.7. The number of piperidine rings is 1. The van der Waals surface area contributed by atoms with Crippen molar-refractivity contribution in [2.45, 2.75) is 45.1 Å². The smallest absolute Gasteiger partial charge is 0.319 e. The molecule has 0 radical (unpaired) electrons. The predicted molar refractivity (Wildman–Crippen MR) is 161 cm³/mol. The highest BCUT2D eigenvalue weighted by molar-refractivity contribution is 6.42. The molecule has 3 N–H and O–H groups in total. The first kappa shape index (κ1) is 29.6. The highest BCUT2D eigenvalue weighted by Crippen LogP contribution is 2.30. The lowest BCUT2D eigenvalue weighted by atomic mass is 10.0. The van der Waals surface area contributed by atoms with Gasteiger partial charge in [-0.15, -0.1) is 0 Å². The number of aryl methyl sites for hydroxylation is 1. The predicted octanol–water partition coefficient (Wildman–Crippen LogP) is 6.54. The van der Waals surface area contributed by atoms with Crippen LogP contribution in [0.1, 0.15) is 43.4 Å². The Hall–Kier alpha value is -3.33. The summed E-state index contributed by atoms with van der Waals surface area (Å²) in [6.07, 6.45) is 8.08. The fourth-order valence-electron chi connectivity index (χ4n) is 4.64. The van der Waals surface area contributed by atoms with Crippen LogP contribution in [0.15, 0.2) is 59.1 Å². The van der Waals surface area contributed by atoms with Gasteiger partial charge in [-0.25, -0.2) is 4.79 Å². The molecule has 212 valence electrons. The standard InChI is InChI=1S/C30H35Cl2N5O3/c1-21-28(29(40-36-21)23-8-4-2-5-9-23)35-30(39)34-24-14-18-37(19-15-24)17-7-3-6-16-33-27(38)13-11-22-10-12-25(31)26(32)20-22/h2,4-5,8-13,20,24H,3,6-7,14-19H2,1H3,(H,33,38)(H2,34,35,39)/b13-11+. The van der Waals surface area contributed by atoms with E-state index in [1.54, 1.807) is 18.2 Å². The number of carbonyl (C=O) groups excluding carboxylic acids is 2. The van der Waals surface area contributed by atoms with E-state index in [9.17, 15) is 9.59 Å². The van der Waals surface area contributed by atoms with Crippen LogP contribution in [-0.4, -0.2) is 54.2 Å². The average molecular weight is 585 g/mol. The maximum absolute atomic E-state index is 12.7. The van der Waals surface area contributed by atoms with Gasteiger partial charge in [0, 0.05) is 37.3 Å². The quantitative estimate of drug-likeness (QED) is 0.176. The zero-order valence-electron chi connectivity index (χ0n) is 22.6. The van der Waals surface area contributed by atoms with Gasteiger partial charge in [-0.3, -0.25) is 4.79 Å². The molecule has 1 fully saturated rings. The number of nitrogens with one attached hydrogen (secondary N) is 3. The minimum atomic E-state index is -0.240. The number of unbranched alkanes of at least 4 members (excludes halogenated alkanes) is 2. The number of hydrogen-bond acceptors (Lipinski definition) is 5. The molecular formula is C30H35Cl2N5O3. The van der Waals surface area contributed by atoms with E-state index >= 15 is 0 Å². The fraction of sp³-hybridized carbons (Fsp3) is 0.367. The van der Waals surface area contributed by atoms with Crippen LogP contribution in [0.2, 0.25) is 10.0 Å². The van der Waals surface area contributed by atoms with Gasteiger partial charge in [0.15, 0.2) is 5.76 Å². The zero-order chi connectivity index (χ0) is 28.3. The van der Waals surface area contributed by atoms with Crippen molar-refractivity contribution < 1.29 is 14.1 Å². The summed E-state index contributed by atoms with van der Waals surface area (Å²) < 4.78 is 5.46. The van der Waals surface area contributed by atoms with Gasteiger partial charge in [0.25, 0.3) is 0 Å². The molecule has 1 aliphatic heterocycles. The van der Waals surface area contributed by atoms with Crippen molar-refractivity contribution in [2.24, 2.45) is 0 Å². The van der Waals surface area contributed by atoms with Gasteiger partial charge >= 0.3 is 6.03 Å². The molecule has 0 spiro atoms. The number of carbonyl (C=O) groups is 2. The second kappa shape index (κ2) is 14.9. The third kappa shape index (κ3) is 8.84. The molecule has 1 aliphatic rings. The highest BCUT2D eigenvalue weighted by atomic mass is 35.5. The van der Waals surface area contributed by atoms with E-state index in [4.69, 9.17) is 27.7 Å². The van der Waals surface area contributed by atoms with E-state index in [0.29, 0.717) is 33.7 Å². The fourth-order valence-corrected chi connectivity index (χ4v) is 4.94. The minimum absolute atomic E-state index is 0.125. The summed E-state index contributed by atoms with van der Waals surface area (Å²) in [7, 11) is 0. The first-order chi connectivity index (χ1) is 19.4.